The van der Waals surface area contributed by atoms with Crippen LogP contribution in [0, 0.1) is 3.57 Å². The van der Waals surface area contributed by atoms with Crippen molar-refractivity contribution in [2.75, 3.05) is 17.2 Å². The molecule has 2 rings (SSSR count). The fourth-order valence-corrected chi connectivity index (χ4v) is 2.58. The molecule has 4 heteroatoms. The van der Waals surface area contributed by atoms with E-state index < -0.39 is 0 Å². The Morgan fingerprint density at radius 3 is 2.60 bits per heavy atom. The van der Waals surface area contributed by atoms with Crippen LogP contribution in [-0.2, 0) is 0 Å². The number of nitrogens with zero attached hydrogens (tertiary/aromatic N) is 1. The van der Waals surface area contributed by atoms with Gasteiger partial charge in [0, 0.05) is 27.1 Å². The number of hydrogen-bond donors (Lipinski definition) is 1. The summed E-state index contributed by atoms with van der Waals surface area (Å²) in [6.07, 6.45) is 0.893. The summed E-state index contributed by atoms with van der Waals surface area (Å²) in [6.45, 7) is 2.73. The maximum atomic E-state index is 12.7. The first-order valence-corrected chi connectivity index (χ1v) is 7.62. The average Bonchev–Trinajstić information content (AvgIpc) is 2.44. The number of amides is 1. The zero-order chi connectivity index (χ0) is 14.5. The maximum Gasteiger partial charge on any atom is 0.258 e. The van der Waals surface area contributed by atoms with Gasteiger partial charge in [0.25, 0.3) is 5.91 Å². The van der Waals surface area contributed by atoms with Crippen LogP contribution >= 0.6 is 22.6 Å². The zero-order valence-electron chi connectivity index (χ0n) is 11.3. The molecule has 0 fully saturated rings. The molecule has 2 N–H and O–H groups in total. The Balaban J connectivity index is 2.35. The molecule has 0 bridgehead atoms. The second-order valence-corrected chi connectivity index (χ2v) is 5.81. The van der Waals surface area contributed by atoms with Crippen molar-refractivity contribution in [2.24, 2.45) is 0 Å². The number of nitrogens with two attached hydrogens (primary N) is 1. The van der Waals surface area contributed by atoms with Crippen LogP contribution in [0.15, 0.2) is 48.5 Å². The summed E-state index contributed by atoms with van der Waals surface area (Å²) < 4.78 is 1.05. The van der Waals surface area contributed by atoms with Crippen LogP contribution in [0.1, 0.15) is 23.7 Å². The molecule has 0 aliphatic rings. The molecule has 0 atom stereocenters. The number of benzene rings is 2. The summed E-state index contributed by atoms with van der Waals surface area (Å²) in [5.41, 5.74) is 8.03. The molecule has 0 unspecified atom stereocenters. The summed E-state index contributed by atoms with van der Waals surface area (Å²) >= 11 is 2.21. The standard InChI is InChI=1S/C16H17IN2O/c1-2-9-19(15-8-4-7-14(18)11-15)16(20)12-5-3-6-13(17)10-12/h3-8,10-11H,2,9,18H2,1H3. The van der Waals surface area contributed by atoms with Gasteiger partial charge in [0.05, 0.1) is 0 Å². The van der Waals surface area contributed by atoms with E-state index in [1.165, 1.54) is 0 Å². The van der Waals surface area contributed by atoms with Crippen molar-refractivity contribution in [2.45, 2.75) is 13.3 Å². The van der Waals surface area contributed by atoms with Crippen LogP contribution in [0.2, 0.25) is 0 Å². The van der Waals surface area contributed by atoms with Gasteiger partial charge >= 0.3 is 0 Å². The molecule has 0 saturated carbocycles. The summed E-state index contributed by atoms with van der Waals surface area (Å²) in [5, 5.41) is 0. The van der Waals surface area contributed by atoms with Crippen LogP contribution in [0.25, 0.3) is 0 Å². The van der Waals surface area contributed by atoms with Crippen LogP contribution in [0.5, 0.6) is 0 Å². The quantitative estimate of drug-likeness (QED) is 0.646. The Bertz CT molecular complexity index is 613. The van der Waals surface area contributed by atoms with E-state index in [2.05, 4.69) is 29.5 Å². The number of carbonyl (C=O) groups excluding carboxylic acids is 1. The molecule has 0 aliphatic heterocycles. The Kier molecular flexibility index (Phi) is 5.00. The average molecular weight is 380 g/mol. The molecule has 0 saturated heterocycles. The van der Waals surface area contributed by atoms with Gasteiger partial charge in [-0.2, -0.15) is 0 Å². The summed E-state index contributed by atoms with van der Waals surface area (Å²) in [6, 6.07) is 15.1. The SMILES string of the molecule is CCCN(C(=O)c1cccc(I)c1)c1cccc(N)c1. The molecule has 1 amide bonds. The number of anilines is 2. The summed E-state index contributed by atoms with van der Waals surface area (Å²) in [5.74, 6) is 0.0102. The van der Waals surface area contributed by atoms with E-state index in [1.54, 1.807) is 4.90 Å². The Morgan fingerprint density at radius 2 is 1.95 bits per heavy atom. The zero-order valence-corrected chi connectivity index (χ0v) is 13.5. The summed E-state index contributed by atoms with van der Waals surface area (Å²) in [7, 11) is 0. The van der Waals surface area contributed by atoms with Gasteiger partial charge in [-0.1, -0.05) is 19.1 Å². The molecule has 2 aromatic rings. The minimum absolute atomic E-state index is 0.0102. The highest BCUT2D eigenvalue weighted by Gasteiger charge is 2.17. The van der Waals surface area contributed by atoms with Crippen molar-refractivity contribution in [3.63, 3.8) is 0 Å². The molecule has 3 nitrogen and oxygen atoms in total. The molecular formula is C16H17IN2O. The minimum Gasteiger partial charge on any atom is -0.399 e. The third-order valence-electron chi connectivity index (χ3n) is 2.95. The van der Waals surface area contributed by atoms with Gasteiger partial charge in [-0.05, 0) is 65.4 Å². The Hall–Kier alpha value is -1.56. The van der Waals surface area contributed by atoms with Crippen molar-refractivity contribution in [1.82, 2.24) is 0 Å². The second kappa shape index (κ2) is 6.74. The predicted octanol–water partition coefficient (Wildman–Crippen LogP) is 3.93. The smallest absolute Gasteiger partial charge is 0.258 e. The number of carbonyl (C=O) groups is 1. The van der Waals surface area contributed by atoms with Gasteiger partial charge in [-0.3, -0.25) is 4.79 Å². The van der Waals surface area contributed by atoms with Crippen LogP contribution in [0.4, 0.5) is 11.4 Å². The van der Waals surface area contributed by atoms with Gasteiger partial charge in [0.15, 0.2) is 0 Å². The fraction of sp³-hybridized carbons (Fsp3) is 0.188. The van der Waals surface area contributed by atoms with E-state index in [9.17, 15) is 4.79 Å². The highest BCUT2D eigenvalue weighted by atomic mass is 127. The van der Waals surface area contributed by atoms with E-state index in [0.717, 1.165) is 15.7 Å². The molecule has 0 heterocycles. The molecule has 104 valence electrons. The normalized spacial score (nSPS) is 10.3. The number of hydrogen-bond acceptors (Lipinski definition) is 2. The van der Waals surface area contributed by atoms with E-state index in [4.69, 9.17) is 5.73 Å². The largest absolute Gasteiger partial charge is 0.399 e. The first-order valence-electron chi connectivity index (χ1n) is 6.55. The van der Waals surface area contributed by atoms with Gasteiger partial charge in [-0.15, -0.1) is 0 Å². The third-order valence-corrected chi connectivity index (χ3v) is 3.62. The van der Waals surface area contributed by atoms with E-state index in [1.807, 2.05) is 48.5 Å². The predicted molar refractivity (Wildman–Crippen MR) is 92.0 cm³/mol. The van der Waals surface area contributed by atoms with Crippen LogP contribution < -0.4 is 10.6 Å². The Morgan fingerprint density at radius 1 is 1.20 bits per heavy atom. The lowest BCUT2D eigenvalue weighted by Gasteiger charge is -2.22. The van der Waals surface area contributed by atoms with E-state index in [-0.39, 0.29) is 5.91 Å². The molecule has 0 aliphatic carbocycles. The molecule has 0 spiro atoms. The lowest BCUT2D eigenvalue weighted by Crippen LogP contribution is -2.31. The lowest BCUT2D eigenvalue weighted by atomic mass is 10.1. The second-order valence-electron chi connectivity index (χ2n) is 4.56. The third kappa shape index (κ3) is 3.50. The molecule has 0 aromatic heterocycles. The molecular weight excluding hydrogens is 363 g/mol. The van der Waals surface area contributed by atoms with Gasteiger partial charge in [0.2, 0.25) is 0 Å². The monoisotopic (exact) mass is 380 g/mol. The van der Waals surface area contributed by atoms with Crippen molar-refractivity contribution in [3.05, 3.63) is 57.7 Å². The fourth-order valence-electron chi connectivity index (χ4n) is 2.04. The first-order chi connectivity index (χ1) is 9.61. The highest BCUT2D eigenvalue weighted by molar-refractivity contribution is 14.1. The number of nitrogen functional groups attached to an aromatic ring is 1. The van der Waals surface area contributed by atoms with Gasteiger partial charge < -0.3 is 10.6 Å². The van der Waals surface area contributed by atoms with Crippen molar-refractivity contribution in [1.29, 1.82) is 0 Å². The van der Waals surface area contributed by atoms with Gasteiger partial charge in [0.1, 0.15) is 0 Å². The summed E-state index contributed by atoms with van der Waals surface area (Å²) in [4.78, 5) is 14.5. The number of halogens is 1. The van der Waals surface area contributed by atoms with Crippen molar-refractivity contribution < 1.29 is 4.79 Å². The molecule has 2 aromatic carbocycles. The minimum atomic E-state index is 0.0102. The Labute approximate surface area is 132 Å². The molecule has 0 radical (unpaired) electrons. The molecule has 20 heavy (non-hydrogen) atoms. The van der Waals surface area contributed by atoms with Gasteiger partial charge in [-0.25, -0.2) is 0 Å². The first kappa shape index (κ1) is 14.8. The topological polar surface area (TPSA) is 46.3 Å². The van der Waals surface area contributed by atoms with E-state index in [0.29, 0.717) is 17.8 Å². The lowest BCUT2D eigenvalue weighted by molar-refractivity contribution is 0.0987. The van der Waals surface area contributed by atoms with Crippen LogP contribution in [0.3, 0.4) is 0 Å². The van der Waals surface area contributed by atoms with Crippen molar-refractivity contribution in [3.8, 4) is 0 Å². The highest BCUT2D eigenvalue weighted by Crippen LogP contribution is 2.21. The number of rotatable bonds is 4. The van der Waals surface area contributed by atoms with E-state index >= 15 is 0 Å². The van der Waals surface area contributed by atoms with Crippen molar-refractivity contribution >= 4 is 39.9 Å². The van der Waals surface area contributed by atoms with Crippen LogP contribution in [-0.4, -0.2) is 12.5 Å². The maximum absolute atomic E-state index is 12.7.